The van der Waals surface area contributed by atoms with Crippen LogP contribution in [0.15, 0.2) is 30.3 Å². The second kappa shape index (κ2) is 4.25. The van der Waals surface area contributed by atoms with Gasteiger partial charge in [-0.15, -0.1) is 0 Å². The highest BCUT2D eigenvalue weighted by atomic mass is 16.4. The first-order valence-electron chi connectivity index (χ1n) is 5.54. The van der Waals surface area contributed by atoms with Crippen LogP contribution < -0.4 is 5.32 Å². The molecule has 0 unspecified atom stereocenters. The fraction of sp³-hybridized carbons (Fsp3) is 0.0769. The first kappa shape index (κ1) is 9.84. The van der Waals surface area contributed by atoms with Crippen LogP contribution in [0.5, 0.6) is 0 Å². The molecule has 4 nitrogen and oxygen atoms in total. The normalized spacial score (nSPS) is 11.0. The molecule has 2 aromatic carbocycles. The summed E-state index contributed by atoms with van der Waals surface area (Å²) in [6, 6.07) is 8.82. The molecule has 0 spiro atoms. The molecule has 0 aliphatic rings. The number of aryl methyl sites for hydroxylation is 1. The summed E-state index contributed by atoms with van der Waals surface area (Å²) in [5.41, 5.74) is 0.819. The van der Waals surface area contributed by atoms with E-state index in [1.165, 1.54) is 0 Å². The lowest BCUT2D eigenvalue weighted by Crippen LogP contribution is -2.07. The first-order valence-corrected chi connectivity index (χ1v) is 5.04. The van der Waals surface area contributed by atoms with Gasteiger partial charge in [0.25, 0.3) is 0 Å². The van der Waals surface area contributed by atoms with Gasteiger partial charge in [-0.05, 0) is 29.3 Å². The molecule has 2 aromatic rings. The Balaban J connectivity index is 2.83. The van der Waals surface area contributed by atoms with E-state index >= 15 is 0 Å². The van der Waals surface area contributed by atoms with E-state index in [0.717, 1.165) is 5.39 Å². The molecule has 0 aromatic heterocycles. The highest BCUT2D eigenvalue weighted by molar-refractivity contribution is 6.10. The van der Waals surface area contributed by atoms with E-state index in [2.05, 4.69) is 5.32 Å². The number of benzene rings is 2. The number of fused-ring (bicyclic) bond motifs is 1. The van der Waals surface area contributed by atoms with Gasteiger partial charge in [-0.3, -0.25) is 4.79 Å². The molecule has 0 saturated heterocycles. The molecule has 17 heavy (non-hydrogen) atoms. The molecule has 2 rings (SSSR count). The standard InChI is InChI=1S/C13H11NO3/c1-8-6-9-4-2-3-5-10(9)11(13(16)17)12(8)14-7-15/h2-7H,1H3,(H,14,15)(H,16,17)/i7D. The second-order valence-electron chi connectivity index (χ2n) is 3.70. The highest BCUT2D eigenvalue weighted by Gasteiger charge is 2.16. The minimum atomic E-state index is -1.13. The average molecular weight is 230 g/mol. The minimum absolute atomic E-state index is 0.0196. The zero-order valence-corrected chi connectivity index (χ0v) is 9.15. The summed E-state index contributed by atoms with van der Waals surface area (Å²) < 4.78 is 6.91. The lowest BCUT2D eigenvalue weighted by atomic mass is 9.99. The third-order valence-electron chi connectivity index (χ3n) is 2.64. The molecule has 0 aliphatic heterocycles. The predicted octanol–water partition coefficient (Wildman–Crippen LogP) is 2.41. The molecule has 0 atom stereocenters. The van der Waals surface area contributed by atoms with Crippen molar-refractivity contribution in [3.63, 3.8) is 0 Å². The van der Waals surface area contributed by atoms with E-state index in [1.807, 2.05) is 6.07 Å². The van der Waals surface area contributed by atoms with Gasteiger partial charge in [-0.1, -0.05) is 24.3 Å². The largest absolute Gasteiger partial charge is 0.478 e. The minimum Gasteiger partial charge on any atom is -0.478 e. The van der Waals surface area contributed by atoms with Crippen molar-refractivity contribution in [3.8, 4) is 0 Å². The maximum atomic E-state index is 11.4. The zero-order chi connectivity index (χ0) is 13.3. The van der Waals surface area contributed by atoms with Gasteiger partial charge in [-0.25, -0.2) is 4.79 Å². The molecule has 0 saturated carbocycles. The monoisotopic (exact) mass is 230 g/mol. The maximum absolute atomic E-state index is 11.4. The summed E-state index contributed by atoms with van der Waals surface area (Å²) in [6.45, 7) is 1.70. The van der Waals surface area contributed by atoms with Gasteiger partial charge >= 0.3 is 5.97 Å². The molecule has 2 N–H and O–H groups in total. The smallest absolute Gasteiger partial charge is 0.338 e. The second-order valence-corrected chi connectivity index (χ2v) is 3.70. The van der Waals surface area contributed by atoms with E-state index < -0.39 is 12.4 Å². The molecular weight excluding hydrogens is 218 g/mol. The lowest BCUT2D eigenvalue weighted by molar-refractivity contribution is -0.105. The Morgan fingerprint density at radius 3 is 2.82 bits per heavy atom. The number of carboxylic acids is 1. The Labute approximate surface area is 99.3 Å². The fourth-order valence-electron chi connectivity index (χ4n) is 1.92. The number of anilines is 1. The van der Waals surface area contributed by atoms with Crippen LogP contribution in [0.3, 0.4) is 0 Å². The Morgan fingerprint density at radius 2 is 2.18 bits per heavy atom. The zero-order valence-electron chi connectivity index (χ0n) is 10.2. The lowest BCUT2D eigenvalue weighted by Gasteiger charge is -2.11. The molecule has 0 aliphatic carbocycles. The number of hydrogen-bond acceptors (Lipinski definition) is 2. The molecule has 0 fully saturated rings. The summed E-state index contributed by atoms with van der Waals surface area (Å²) in [6.07, 6.45) is -1.03. The van der Waals surface area contributed by atoms with Crippen LogP contribution in [0.25, 0.3) is 10.8 Å². The van der Waals surface area contributed by atoms with E-state index in [1.54, 1.807) is 31.2 Å². The highest BCUT2D eigenvalue weighted by Crippen LogP contribution is 2.29. The number of hydrogen-bond donors (Lipinski definition) is 2. The van der Waals surface area contributed by atoms with Crippen molar-refractivity contribution in [2.75, 3.05) is 5.32 Å². The van der Waals surface area contributed by atoms with Crippen molar-refractivity contribution in [1.29, 1.82) is 0 Å². The number of carbonyl (C=O) groups excluding carboxylic acids is 1. The van der Waals surface area contributed by atoms with Crippen LogP contribution in [0.1, 0.15) is 17.3 Å². The summed E-state index contributed by atoms with van der Waals surface area (Å²) >= 11 is 0. The number of aromatic carboxylic acids is 1. The van der Waals surface area contributed by atoms with E-state index in [9.17, 15) is 14.7 Å². The Morgan fingerprint density at radius 1 is 1.47 bits per heavy atom. The van der Waals surface area contributed by atoms with Crippen molar-refractivity contribution in [2.24, 2.45) is 0 Å². The average Bonchev–Trinajstić information content (AvgIpc) is 2.28. The van der Waals surface area contributed by atoms with Crippen LogP contribution in [-0.4, -0.2) is 17.5 Å². The van der Waals surface area contributed by atoms with Gasteiger partial charge in [0, 0.05) is 0 Å². The SMILES string of the molecule is [2H]C(=O)Nc1c(C)cc2ccccc2c1C(=O)O. The van der Waals surface area contributed by atoms with Gasteiger partial charge in [0.1, 0.15) is 1.37 Å². The topological polar surface area (TPSA) is 66.4 Å². The summed E-state index contributed by atoms with van der Waals surface area (Å²) in [5.74, 6) is -1.13. The van der Waals surface area contributed by atoms with Crippen LogP contribution in [0.2, 0.25) is 0 Å². The van der Waals surface area contributed by atoms with Crippen molar-refractivity contribution in [2.45, 2.75) is 6.92 Å². The quantitative estimate of drug-likeness (QED) is 0.778. The Bertz CT molecular complexity index is 652. The van der Waals surface area contributed by atoms with Gasteiger partial charge in [-0.2, -0.15) is 0 Å². The van der Waals surface area contributed by atoms with E-state index in [0.29, 0.717) is 10.9 Å². The first-order chi connectivity index (χ1) is 8.50. The van der Waals surface area contributed by atoms with Crippen molar-refractivity contribution < 1.29 is 16.1 Å². The number of carboxylic acid groups (broad SMARTS) is 1. The van der Waals surface area contributed by atoms with Crippen molar-refractivity contribution in [3.05, 3.63) is 41.5 Å². The summed E-state index contributed by atoms with van der Waals surface area (Å²) in [7, 11) is 0. The Hall–Kier alpha value is -2.36. The van der Waals surface area contributed by atoms with Crippen LogP contribution in [0.4, 0.5) is 5.69 Å². The van der Waals surface area contributed by atoms with E-state index in [-0.39, 0.29) is 11.3 Å². The number of rotatable bonds is 2. The molecule has 1 amide bonds. The van der Waals surface area contributed by atoms with Gasteiger partial charge in [0.15, 0.2) is 0 Å². The number of carbonyl (C=O) groups is 2. The van der Waals surface area contributed by atoms with Crippen molar-refractivity contribution >= 4 is 28.8 Å². The molecule has 0 bridgehead atoms. The van der Waals surface area contributed by atoms with Crippen molar-refractivity contribution in [1.82, 2.24) is 0 Å². The van der Waals surface area contributed by atoms with E-state index in [4.69, 9.17) is 1.37 Å². The van der Waals surface area contributed by atoms with Gasteiger partial charge < -0.3 is 10.4 Å². The van der Waals surface area contributed by atoms with Gasteiger partial charge in [0.05, 0.1) is 11.3 Å². The molecular formula is C13H11NO3. The summed E-state index contributed by atoms with van der Waals surface area (Å²) in [5, 5.41) is 12.9. The molecule has 0 radical (unpaired) electrons. The fourth-order valence-corrected chi connectivity index (χ4v) is 1.92. The third kappa shape index (κ3) is 1.85. The van der Waals surface area contributed by atoms with Crippen LogP contribution in [0, 0.1) is 6.92 Å². The maximum Gasteiger partial charge on any atom is 0.338 e. The van der Waals surface area contributed by atoms with Gasteiger partial charge in [0.2, 0.25) is 6.39 Å². The third-order valence-corrected chi connectivity index (χ3v) is 2.64. The molecule has 86 valence electrons. The van der Waals surface area contributed by atoms with Crippen LogP contribution >= 0.6 is 0 Å². The Kier molecular flexibility index (Phi) is 2.46. The molecule has 4 heteroatoms. The number of amides is 1. The van der Waals surface area contributed by atoms with Crippen LogP contribution in [-0.2, 0) is 4.79 Å². The molecule has 0 heterocycles. The number of nitrogens with one attached hydrogen (secondary N) is 1. The summed E-state index contributed by atoms with van der Waals surface area (Å²) in [4.78, 5) is 22.2. The predicted molar refractivity (Wildman–Crippen MR) is 65.3 cm³/mol.